The van der Waals surface area contributed by atoms with Crippen molar-refractivity contribution in [2.75, 3.05) is 39.3 Å². The van der Waals surface area contributed by atoms with Crippen LogP contribution in [0, 0.1) is 11.8 Å². The molecule has 55 heavy (non-hydrogen) atoms. The number of aliphatic hydroxyl groups is 2. The number of fused-ring (bicyclic) bond motifs is 4. The van der Waals surface area contributed by atoms with Crippen molar-refractivity contribution < 1.29 is 53.5 Å². The van der Waals surface area contributed by atoms with Gasteiger partial charge >= 0.3 is 0 Å². The fourth-order valence-corrected chi connectivity index (χ4v) is 9.28. The number of aliphatic imine (C=N–C) groups is 1. The van der Waals surface area contributed by atoms with E-state index >= 15 is 0 Å². The predicted molar refractivity (Wildman–Crippen MR) is 189 cm³/mol. The fourth-order valence-electron chi connectivity index (χ4n) is 9.28. The van der Waals surface area contributed by atoms with E-state index in [-0.39, 0.29) is 113 Å². The first-order chi connectivity index (χ1) is 26.5. The van der Waals surface area contributed by atoms with Crippen molar-refractivity contribution in [1.82, 2.24) is 35.8 Å². The van der Waals surface area contributed by atoms with Gasteiger partial charge in [0, 0.05) is 76.6 Å². The normalized spacial score (nSPS) is 34.5. The molecule has 6 fully saturated rings. The average molecular weight is 773 g/mol. The molecule has 0 bridgehead atoms. The third-order valence-electron chi connectivity index (χ3n) is 12.3. The second-order valence-electron chi connectivity index (χ2n) is 15.8. The number of hydrogen-bond donors (Lipinski definition) is 5. The van der Waals surface area contributed by atoms with Crippen molar-refractivity contribution >= 4 is 47.6 Å². The molecule has 19 heteroatoms. The highest BCUT2D eigenvalue weighted by molar-refractivity contribution is 6.01. The largest absolute Gasteiger partial charge is 0.390 e. The van der Waals surface area contributed by atoms with Crippen LogP contribution in [0.2, 0.25) is 0 Å². The van der Waals surface area contributed by atoms with Crippen LogP contribution in [0.15, 0.2) is 4.99 Å². The van der Waals surface area contributed by atoms with Gasteiger partial charge in [-0.15, -0.1) is 0 Å². The lowest BCUT2D eigenvalue weighted by Gasteiger charge is -2.42. The summed E-state index contributed by atoms with van der Waals surface area (Å²) in [5.41, 5.74) is 2.50. The summed E-state index contributed by atoms with van der Waals surface area (Å²) < 4.78 is 0. The van der Waals surface area contributed by atoms with Crippen LogP contribution < -0.4 is 16.1 Å². The minimum Gasteiger partial charge on any atom is -0.390 e. The van der Waals surface area contributed by atoms with E-state index in [2.05, 4.69) is 16.1 Å². The Balaban J connectivity index is 0.910. The highest BCUT2D eigenvalue weighted by atomic mass is 17.2. The minimum atomic E-state index is -1.08. The summed E-state index contributed by atoms with van der Waals surface area (Å²) in [5.74, 6) is -3.26. The van der Waals surface area contributed by atoms with Gasteiger partial charge in [0.2, 0.25) is 41.4 Å². The Morgan fingerprint density at radius 1 is 0.800 bits per heavy atom. The molecular formula is C36H52N8O11. The number of nitrogens with one attached hydrogen (secondary N) is 3. The van der Waals surface area contributed by atoms with E-state index in [1.807, 2.05) is 11.1 Å². The molecule has 4 saturated heterocycles. The van der Waals surface area contributed by atoms with Gasteiger partial charge < -0.3 is 35.5 Å². The van der Waals surface area contributed by atoms with Gasteiger partial charge in [-0.25, -0.2) is 20.2 Å². The number of rotatable bonds is 12. The maximum atomic E-state index is 13.8. The van der Waals surface area contributed by atoms with E-state index in [0.29, 0.717) is 13.1 Å². The Bertz CT molecular complexity index is 1550. The fraction of sp³-hybridized carbons (Fsp3) is 0.778. The lowest BCUT2D eigenvalue weighted by atomic mass is 9.79. The summed E-state index contributed by atoms with van der Waals surface area (Å²) in [5, 5.41) is 28.3. The van der Waals surface area contributed by atoms with Gasteiger partial charge in [0.1, 0.15) is 12.2 Å². The number of nitrogens with zero attached hydrogens (tertiary/aromatic N) is 5. The van der Waals surface area contributed by atoms with Crippen LogP contribution in [-0.4, -0.2) is 165 Å². The molecule has 5 N–H and O–H groups in total. The lowest BCUT2D eigenvalue weighted by molar-refractivity contribution is -0.383. The van der Waals surface area contributed by atoms with E-state index in [1.165, 1.54) is 0 Å². The number of hydrogen-bond acceptors (Lipinski definition) is 13. The molecule has 0 aromatic rings. The molecule has 7 amide bonds. The molecule has 7 rings (SSSR count). The number of aliphatic hydroxyl groups excluding tert-OH is 2. The molecule has 0 radical (unpaired) electrons. The average Bonchev–Trinajstić information content (AvgIpc) is 3.89. The maximum Gasteiger partial charge on any atom is 0.244 e. The molecule has 0 spiro atoms. The van der Waals surface area contributed by atoms with Crippen LogP contribution in [0.4, 0.5) is 0 Å². The molecule has 0 aromatic carbocycles. The summed E-state index contributed by atoms with van der Waals surface area (Å²) in [6, 6.07) is -1.21. The monoisotopic (exact) mass is 772 g/mol. The van der Waals surface area contributed by atoms with Crippen LogP contribution in [0.3, 0.4) is 0 Å². The van der Waals surface area contributed by atoms with Gasteiger partial charge in [-0.05, 0) is 44.9 Å². The van der Waals surface area contributed by atoms with Gasteiger partial charge in [0.05, 0.1) is 49.2 Å². The molecule has 5 heterocycles. The van der Waals surface area contributed by atoms with Crippen LogP contribution in [-0.2, 0) is 43.3 Å². The van der Waals surface area contributed by atoms with Gasteiger partial charge in [-0.2, -0.15) is 0 Å². The first-order valence-electron chi connectivity index (χ1n) is 19.7. The van der Waals surface area contributed by atoms with Crippen molar-refractivity contribution in [2.45, 2.75) is 126 Å². The first kappa shape index (κ1) is 39.2. The Labute approximate surface area is 318 Å². The third-order valence-corrected chi connectivity index (χ3v) is 12.3. The Morgan fingerprint density at radius 3 is 2.24 bits per heavy atom. The van der Waals surface area contributed by atoms with Crippen molar-refractivity contribution in [3.05, 3.63) is 0 Å². The van der Waals surface area contributed by atoms with Crippen LogP contribution >= 0.6 is 0 Å². The maximum absolute atomic E-state index is 13.8. The van der Waals surface area contributed by atoms with Crippen LogP contribution in [0.5, 0.6) is 0 Å². The zero-order chi connectivity index (χ0) is 38.8. The predicted octanol–water partition coefficient (Wildman–Crippen LogP) is -2.47. The SMILES string of the molecule is O=C(CCCNC(=O)CNN1C(=O)CCC1=O)NCC(=O)N1CC2CCCN2C(=O)C2CC(O)C(OOC3CC4N=C[C@@H]5CCCN5C(=O)C4CC3O)CC21. The number of carbonyl (C=O) groups excluding carboxylic acids is 7. The van der Waals surface area contributed by atoms with Crippen molar-refractivity contribution in [2.24, 2.45) is 16.8 Å². The smallest absolute Gasteiger partial charge is 0.244 e. The highest BCUT2D eigenvalue weighted by Crippen LogP contribution is 2.39. The summed E-state index contributed by atoms with van der Waals surface area (Å²) in [7, 11) is 0. The summed E-state index contributed by atoms with van der Waals surface area (Å²) in [4.78, 5) is 111. The molecule has 10 atom stereocenters. The summed E-state index contributed by atoms with van der Waals surface area (Å²) in [6.07, 6.45) is 2.44. The number of hydrazine groups is 1. The van der Waals surface area contributed by atoms with E-state index in [1.54, 1.807) is 9.80 Å². The molecule has 2 aliphatic carbocycles. The lowest BCUT2D eigenvalue weighted by Crippen LogP contribution is -2.56. The Morgan fingerprint density at radius 2 is 1.47 bits per heavy atom. The first-order valence-corrected chi connectivity index (χ1v) is 19.7. The summed E-state index contributed by atoms with van der Waals surface area (Å²) >= 11 is 0. The molecule has 19 nitrogen and oxygen atoms in total. The molecule has 7 aliphatic rings. The van der Waals surface area contributed by atoms with Gasteiger partial charge in [-0.1, -0.05) is 0 Å². The number of amides is 7. The van der Waals surface area contributed by atoms with Gasteiger partial charge in [0.15, 0.2) is 0 Å². The van der Waals surface area contributed by atoms with Crippen molar-refractivity contribution in [3.63, 3.8) is 0 Å². The van der Waals surface area contributed by atoms with Crippen LogP contribution in [0.1, 0.15) is 77.0 Å². The second-order valence-corrected chi connectivity index (χ2v) is 15.8. The second kappa shape index (κ2) is 17.0. The molecule has 9 unspecified atom stereocenters. The van der Waals surface area contributed by atoms with E-state index < -0.39 is 65.9 Å². The van der Waals surface area contributed by atoms with E-state index in [9.17, 15) is 43.8 Å². The topological polar surface area (TPSA) is 240 Å². The molecule has 0 aromatic heterocycles. The quantitative estimate of drug-likeness (QED) is 0.0601. The van der Waals surface area contributed by atoms with Gasteiger partial charge in [0.25, 0.3) is 0 Å². The summed E-state index contributed by atoms with van der Waals surface area (Å²) in [6.45, 7) is 1.10. The molecular weight excluding hydrogens is 720 g/mol. The zero-order valence-corrected chi connectivity index (χ0v) is 30.9. The Hall–Kier alpha value is -4.04. The highest BCUT2D eigenvalue weighted by Gasteiger charge is 2.51. The van der Waals surface area contributed by atoms with Crippen LogP contribution in [0.25, 0.3) is 0 Å². The third kappa shape index (κ3) is 8.55. The number of carbonyl (C=O) groups is 7. The van der Waals surface area contributed by atoms with E-state index in [0.717, 1.165) is 30.7 Å². The van der Waals surface area contributed by atoms with Gasteiger partial charge in [-0.3, -0.25) is 38.6 Å². The molecule has 2 saturated carbocycles. The minimum absolute atomic E-state index is 0.00228. The number of imide groups is 1. The van der Waals surface area contributed by atoms with E-state index in [4.69, 9.17) is 14.8 Å². The van der Waals surface area contributed by atoms with Crippen molar-refractivity contribution in [1.29, 1.82) is 0 Å². The standard InChI is InChI=1S/C36H52N8O11/c45-26-12-22-24(38-16-20-4-2-10-41(20)35(22)52)14-28(26)54-55-29-15-25-23(13-27(29)46)36(53)42-11-3-5-21(42)19-43(25)34(51)18-39-30(47)6-1-9-37-31(48)17-40-44-32(49)7-8-33(44)50/h16,20-29,40,45-46H,1-15,17-19H2,(H,37,48)(H,39,47)/t20-,21?,22?,23?,24?,25?,26?,27?,28?,29?/m0/s1. The zero-order valence-electron chi connectivity index (χ0n) is 30.9. The molecule has 302 valence electrons. The Kier molecular flexibility index (Phi) is 12.1. The molecule has 5 aliphatic heterocycles. The van der Waals surface area contributed by atoms with Crippen molar-refractivity contribution in [3.8, 4) is 0 Å².